The molecule has 2 aromatic carbocycles. The van der Waals surface area contributed by atoms with Crippen LogP contribution < -0.4 is 25.0 Å². The van der Waals surface area contributed by atoms with Crippen LogP contribution in [-0.4, -0.2) is 73.4 Å². The smallest absolute Gasteiger partial charge is 0.229 e. The SMILES string of the molecule is COc1ccc(Nc2ncc(Cl)c(Nc3ccc(N4C=CN5CCOCC5C4)c4c3CN(C)C4)n2)c(OC)c1. The first-order valence-electron chi connectivity index (χ1n) is 12.9. The summed E-state index contributed by atoms with van der Waals surface area (Å²) in [6, 6.07) is 10.2. The number of hydrogen-bond donors (Lipinski definition) is 2. The lowest BCUT2D eigenvalue weighted by atomic mass is 10.0. The molecule has 1 atom stereocenters. The van der Waals surface area contributed by atoms with Crippen LogP contribution in [0.25, 0.3) is 0 Å². The zero-order chi connectivity index (χ0) is 26.9. The molecule has 2 N–H and O–H groups in total. The second-order valence-electron chi connectivity index (χ2n) is 9.89. The van der Waals surface area contributed by atoms with Crippen molar-refractivity contribution in [3.63, 3.8) is 0 Å². The van der Waals surface area contributed by atoms with Crippen LogP contribution in [0, 0.1) is 0 Å². The molecule has 0 amide bonds. The molecule has 11 heteroatoms. The van der Waals surface area contributed by atoms with Crippen molar-refractivity contribution in [2.75, 3.05) is 63.1 Å². The third-order valence-electron chi connectivity index (χ3n) is 7.34. The molecule has 4 heterocycles. The first kappa shape index (κ1) is 25.5. The van der Waals surface area contributed by atoms with Gasteiger partial charge in [-0.05, 0) is 42.4 Å². The van der Waals surface area contributed by atoms with E-state index in [9.17, 15) is 0 Å². The second-order valence-corrected chi connectivity index (χ2v) is 10.3. The van der Waals surface area contributed by atoms with Gasteiger partial charge < -0.3 is 34.6 Å². The fraction of sp³-hybridized carbons (Fsp3) is 0.357. The van der Waals surface area contributed by atoms with E-state index in [0.29, 0.717) is 34.3 Å². The number of fused-ring (bicyclic) bond motifs is 2. The molecule has 0 radical (unpaired) electrons. The summed E-state index contributed by atoms with van der Waals surface area (Å²) in [5.74, 6) is 2.24. The third-order valence-corrected chi connectivity index (χ3v) is 7.62. The quantitative estimate of drug-likeness (QED) is 0.437. The number of nitrogens with one attached hydrogen (secondary N) is 2. The Morgan fingerprint density at radius 1 is 1.03 bits per heavy atom. The maximum absolute atomic E-state index is 6.54. The summed E-state index contributed by atoms with van der Waals surface area (Å²) in [5.41, 5.74) is 5.48. The normalized spacial score (nSPS) is 18.5. The van der Waals surface area contributed by atoms with Gasteiger partial charge in [-0.2, -0.15) is 4.98 Å². The summed E-state index contributed by atoms with van der Waals surface area (Å²) >= 11 is 6.54. The Labute approximate surface area is 233 Å². The molecule has 1 fully saturated rings. The largest absolute Gasteiger partial charge is 0.497 e. The molecule has 3 aromatic rings. The van der Waals surface area contributed by atoms with Gasteiger partial charge in [0, 0.05) is 56.0 Å². The summed E-state index contributed by atoms with van der Waals surface area (Å²) in [7, 11) is 5.36. The van der Waals surface area contributed by atoms with Gasteiger partial charge in [-0.15, -0.1) is 0 Å². The third kappa shape index (κ3) is 5.15. The molecule has 0 saturated carbocycles. The average molecular weight is 550 g/mol. The van der Waals surface area contributed by atoms with Crippen molar-refractivity contribution in [2.45, 2.75) is 19.1 Å². The topological polar surface area (TPSA) is 87.2 Å². The van der Waals surface area contributed by atoms with Crippen molar-refractivity contribution < 1.29 is 14.2 Å². The Balaban J connectivity index is 1.27. The van der Waals surface area contributed by atoms with Crippen molar-refractivity contribution in [1.29, 1.82) is 0 Å². The fourth-order valence-electron chi connectivity index (χ4n) is 5.34. The van der Waals surface area contributed by atoms with Crippen LogP contribution in [0.2, 0.25) is 5.02 Å². The minimum absolute atomic E-state index is 0.367. The van der Waals surface area contributed by atoms with Crippen molar-refractivity contribution in [2.24, 2.45) is 0 Å². The lowest BCUT2D eigenvalue weighted by Crippen LogP contribution is -2.50. The number of hydrogen-bond acceptors (Lipinski definition) is 10. The highest BCUT2D eigenvalue weighted by Gasteiger charge is 2.30. The van der Waals surface area contributed by atoms with E-state index in [1.54, 1.807) is 26.5 Å². The molecular weight excluding hydrogens is 518 g/mol. The van der Waals surface area contributed by atoms with Crippen LogP contribution in [0.1, 0.15) is 11.1 Å². The van der Waals surface area contributed by atoms with Gasteiger partial charge in [0.05, 0.1) is 45.4 Å². The highest BCUT2D eigenvalue weighted by atomic mass is 35.5. The summed E-state index contributed by atoms with van der Waals surface area (Å²) in [4.78, 5) is 16.1. The molecule has 0 bridgehead atoms. The van der Waals surface area contributed by atoms with Gasteiger partial charge in [0.15, 0.2) is 5.82 Å². The van der Waals surface area contributed by atoms with E-state index in [0.717, 1.165) is 50.8 Å². The molecule has 6 rings (SSSR count). The van der Waals surface area contributed by atoms with Crippen LogP contribution in [0.15, 0.2) is 48.9 Å². The summed E-state index contributed by atoms with van der Waals surface area (Å²) in [5, 5.41) is 7.13. The fourth-order valence-corrected chi connectivity index (χ4v) is 5.48. The molecule has 204 valence electrons. The second kappa shape index (κ2) is 10.8. The minimum Gasteiger partial charge on any atom is -0.497 e. The van der Waals surface area contributed by atoms with Crippen LogP contribution in [-0.2, 0) is 17.8 Å². The maximum atomic E-state index is 6.54. The molecule has 1 unspecified atom stereocenters. The Hall–Kier alpha value is -3.73. The highest BCUT2D eigenvalue weighted by Crippen LogP contribution is 2.39. The van der Waals surface area contributed by atoms with Crippen LogP contribution in [0.5, 0.6) is 11.5 Å². The Kier molecular flexibility index (Phi) is 7.07. The van der Waals surface area contributed by atoms with E-state index < -0.39 is 0 Å². The predicted molar refractivity (Wildman–Crippen MR) is 153 cm³/mol. The lowest BCUT2D eigenvalue weighted by Gasteiger charge is -2.41. The van der Waals surface area contributed by atoms with Crippen molar-refractivity contribution in [1.82, 2.24) is 19.8 Å². The van der Waals surface area contributed by atoms with E-state index in [1.807, 2.05) is 12.1 Å². The van der Waals surface area contributed by atoms with Gasteiger partial charge >= 0.3 is 0 Å². The molecule has 0 aliphatic carbocycles. The molecule has 10 nitrogen and oxygen atoms in total. The molecular formula is C28H32ClN7O3. The number of nitrogens with zero attached hydrogens (tertiary/aromatic N) is 5. The maximum Gasteiger partial charge on any atom is 0.229 e. The van der Waals surface area contributed by atoms with Gasteiger partial charge in [-0.25, -0.2) is 4.98 Å². The zero-order valence-corrected chi connectivity index (χ0v) is 23.0. The van der Waals surface area contributed by atoms with E-state index in [2.05, 4.69) is 66.9 Å². The average Bonchev–Trinajstić information content (AvgIpc) is 3.36. The number of methoxy groups -OCH3 is 2. The summed E-state index contributed by atoms with van der Waals surface area (Å²) < 4.78 is 16.5. The Morgan fingerprint density at radius 3 is 2.72 bits per heavy atom. The zero-order valence-electron chi connectivity index (χ0n) is 22.3. The number of benzene rings is 2. The van der Waals surface area contributed by atoms with E-state index in [4.69, 9.17) is 25.8 Å². The number of rotatable bonds is 7. The van der Waals surface area contributed by atoms with E-state index in [1.165, 1.54) is 16.8 Å². The minimum atomic E-state index is 0.367. The van der Waals surface area contributed by atoms with Gasteiger partial charge in [0.25, 0.3) is 0 Å². The summed E-state index contributed by atoms with van der Waals surface area (Å²) in [6.45, 7) is 5.10. The van der Waals surface area contributed by atoms with Crippen LogP contribution in [0.4, 0.5) is 28.8 Å². The van der Waals surface area contributed by atoms with E-state index in [-0.39, 0.29) is 0 Å². The number of anilines is 5. The van der Waals surface area contributed by atoms with Crippen molar-refractivity contribution in [3.8, 4) is 11.5 Å². The molecule has 39 heavy (non-hydrogen) atoms. The van der Waals surface area contributed by atoms with Crippen molar-refractivity contribution >= 4 is 40.4 Å². The first-order valence-corrected chi connectivity index (χ1v) is 13.3. The van der Waals surface area contributed by atoms with Gasteiger partial charge in [-0.1, -0.05) is 11.6 Å². The predicted octanol–water partition coefficient (Wildman–Crippen LogP) is 4.57. The van der Waals surface area contributed by atoms with Crippen molar-refractivity contribution in [3.05, 3.63) is 65.1 Å². The summed E-state index contributed by atoms with van der Waals surface area (Å²) in [6.07, 6.45) is 5.98. The number of aromatic nitrogens is 2. The Morgan fingerprint density at radius 2 is 1.87 bits per heavy atom. The molecule has 3 aliphatic heterocycles. The molecule has 3 aliphatic rings. The monoisotopic (exact) mass is 549 g/mol. The lowest BCUT2D eigenvalue weighted by molar-refractivity contribution is 0.0166. The molecule has 1 aromatic heterocycles. The number of ether oxygens (including phenoxy) is 3. The first-order chi connectivity index (χ1) is 19.0. The Bertz CT molecular complexity index is 1400. The standard InChI is InChI=1S/C28H32ClN7O3/c1-34-15-20-21(16-34)25(36-9-8-35-10-11-39-17-18(35)14-36)7-6-23(20)31-27-22(29)13-30-28(33-27)32-24-5-4-19(37-2)12-26(24)38-3/h4-9,12-13,18H,10-11,14-17H2,1-3H3,(H2,30,31,32,33). The molecule has 0 spiro atoms. The van der Waals surface area contributed by atoms with Gasteiger partial charge in [0.2, 0.25) is 5.95 Å². The number of halogens is 1. The highest BCUT2D eigenvalue weighted by molar-refractivity contribution is 6.32. The van der Waals surface area contributed by atoms with Crippen LogP contribution in [0.3, 0.4) is 0 Å². The van der Waals surface area contributed by atoms with Crippen LogP contribution >= 0.6 is 11.6 Å². The van der Waals surface area contributed by atoms with E-state index >= 15 is 0 Å². The number of morpholine rings is 1. The van der Waals surface area contributed by atoms with Gasteiger partial charge in [-0.3, -0.25) is 4.90 Å². The molecule has 1 saturated heterocycles. The van der Waals surface area contributed by atoms with Gasteiger partial charge in [0.1, 0.15) is 16.5 Å².